The minimum Gasteiger partial charge on any atom is -0.490 e. The van der Waals surface area contributed by atoms with Crippen molar-refractivity contribution in [2.24, 2.45) is 17.8 Å². The Morgan fingerprint density at radius 1 is 1.20 bits per heavy atom. The molecule has 35 heavy (non-hydrogen) atoms. The number of nitrogens with one attached hydrogen (secondary N) is 1. The van der Waals surface area contributed by atoms with Gasteiger partial charge in [-0.1, -0.05) is 41.4 Å². The van der Waals surface area contributed by atoms with E-state index in [0.29, 0.717) is 22.6 Å². The SMILES string of the molecule is Cn1cc(C2=C(c3ccccc3OCCn3ccnc3[N+](=O)[O-])C=NC(N)(F)N2)c2ccccc21. The maximum Gasteiger partial charge on any atom is 0.434 e. The van der Waals surface area contributed by atoms with Gasteiger partial charge in [-0.2, -0.15) is 4.39 Å². The van der Waals surface area contributed by atoms with Crippen LogP contribution in [0.3, 0.4) is 0 Å². The van der Waals surface area contributed by atoms with Crippen molar-refractivity contribution in [2.45, 2.75) is 12.6 Å². The normalized spacial score (nSPS) is 17.6. The van der Waals surface area contributed by atoms with E-state index < -0.39 is 11.0 Å². The Hall–Kier alpha value is -4.51. The zero-order valence-electron chi connectivity index (χ0n) is 18.8. The standard InChI is InChI=1S/C24H22FN7O3/c1-30-15-19(16-6-2-4-8-20(16)30)22-18(14-28-24(25,26)29-22)17-7-3-5-9-21(17)35-13-12-31-11-10-27-23(31)32(33)34/h2-11,14-15,29H,12-13,26H2,1H3. The minimum absolute atomic E-state index is 0.152. The number of aliphatic imine (C=N–C) groups is 1. The summed E-state index contributed by atoms with van der Waals surface area (Å²) < 4.78 is 24.2. The van der Waals surface area contributed by atoms with Crippen LogP contribution in [-0.2, 0) is 13.6 Å². The smallest absolute Gasteiger partial charge is 0.434 e. The number of benzene rings is 2. The minimum atomic E-state index is -2.47. The molecule has 0 fully saturated rings. The molecule has 2 aromatic carbocycles. The van der Waals surface area contributed by atoms with Crippen LogP contribution in [0.2, 0.25) is 0 Å². The second-order valence-electron chi connectivity index (χ2n) is 8.04. The van der Waals surface area contributed by atoms with Gasteiger partial charge in [-0.15, -0.1) is 0 Å². The van der Waals surface area contributed by atoms with Crippen LogP contribution in [0.25, 0.3) is 22.2 Å². The summed E-state index contributed by atoms with van der Waals surface area (Å²) in [5.74, 6) is 0.258. The third kappa shape index (κ3) is 4.24. The van der Waals surface area contributed by atoms with Gasteiger partial charge in [0.1, 0.15) is 31.3 Å². The van der Waals surface area contributed by atoms with Crippen LogP contribution in [0.4, 0.5) is 10.3 Å². The van der Waals surface area contributed by atoms with E-state index in [-0.39, 0.29) is 19.1 Å². The highest BCUT2D eigenvalue weighted by atomic mass is 19.2. The van der Waals surface area contributed by atoms with E-state index in [1.807, 2.05) is 60.3 Å². The van der Waals surface area contributed by atoms with Crippen molar-refractivity contribution < 1.29 is 14.1 Å². The molecular formula is C24H22FN7O3. The Kier molecular flexibility index (Phi) is 5.53. The number of para-hydroxylation sites is 2. The highest BCUT2D eigenvalue weighted by molar-refractivity contribution is 6.22. The first-order valence-electron chi connectivity index (χ1n) is 10.8. The van der Waals surface area contributed by atoms with Crippen LogP contribution in [0.1, 0.15) is 11.1 Å². The topological polar surface area (TPSA) is 126 Å². The van der Waals surface area contributed by atoms with Crippen LogP contribution in [0.15, 0.2) is 72.1 Å². The molecule has 0 aliphatic carbocycles. The molecule has 10 nitrogen and oxygen atoms in total. The van der Waals surface area contributed by atoms with Gasteiger partial charge in [-0.05, 0) is 17.1 Å². The van der Waals surface area contributed by atoms with Gasteiger partial charge in [0, 0.05) is 47.1 Å². The van der Waals surface area contributed by atoms with Gasteiger partial charge in [0.2, 0.25) is 0 Å². The number of fused-ring (bicyclic) bond motifs is 1. The first-order valence-corrected chi connectivity index (χ1v) is 10.8. The van der Waals surface area contributed by atoms with Crippen molar-refractivity contribution in [1.29, 1.82) is 0 Å². The molecule has 0 radical (unpaired) electrons. The molecule has 0 saturated carbocycles. The summed E-state index contributed by atoms with van der Waals surface area (Å²) >= 11 is 0. The van der Waals surface area contributed by atoms with Crippen LogP contribution >= 0.6 is 0 Å². The predicted molar refractivity (Wildman–Crippen MR) is 130 cm³/mol. The second-order valence-corrected chi connectivity index (χ2v) is 8.04. The third-order valence-corrected chi connectivity index (χ3v) is 5.74. The lowest BCUT2D eigenvalue weighted by Gasteiger charge is -2.27. The van der Waals surface area contributed by atoms with Gasteiger partial charge in [0.15, 0.2) is 0 Å². The van der Waals surface area contributed by atoms with E-state index in [1.54, 1.807) is 6.07 Å². The molecular weight excluding hydrogens is 453 g/mol. The molecule has 5 rings (SSSR count). The fraction of sp³-hybridized carbons (Fsp3) is 0.167. The number of halogens is 1. The average molecular weight is 475 g/mol. The number of nitrogens with zero attached hydrogens (tertiary/aromatic N) is 5. The van der Waals surface area contributed by atoms with Gasteiger partial charge in [-0.25, -0.2) is 9.56 Å². The number of ether oxygens (including phenoxy) is 1. The third-order valence-electron chi connectivity index (χ3n) is 5.74. The summed E-state index contributed by atoms with van der Waals surface area (Å²) in [6.07, 6.45) is 6.20. The van der Waals surface area contributed by atoms with Crippen LogP contribution in [0.5, 0.6) is 5.75 Å². The fourth-order valence-corrected chi connectivity index (χ4v) is 4.17. The molecule has 0 saturated heterocycles. The first kappa shape index (κ1) is 22.3. The number of allylic oxidation sites excluding steroid dienone is 1. The monoisotopic (exact) mass is 475 g/mol. The number of aryl methyl sites for hydroxylation is 1. The lowest BCUT2D eigenvalue weighted by Crippen LogP contribution is -2.48. The number of hydrogen-bond acceptors (Lipinski definition) is 7. The van der Waals surface area contributed by atoms with Crippen LogP contribution in [0, 0.1) is 10.1 Å². The maximum atomic E-state index is 14.8. The second kappa shape index (κ2) is 8.69. The number of alkyl halides is 1. The summed E-state index contributed by atoms with van der Waals surface area (Å²) in [6.45, 7) is 0.377. The molecule has 1 unspecified atom stereocenters. The van der Waals surface area contributed by atoms with Crippen LogP contribution in [-0.4, -0.2) is 37.9 Å². The van der Waals surface area contributed by atoms with Crippen LogP contribution < -0.4 is 15.8 Å². The Labute approximate surface area is 199 Å². The van der Waals surface area contributed by atoms with Gasteiger partial charge < -0.3 is 24.7 Å². The number of aromatic nitrogens is 3. The van der Waals surface area contributed by atoms with Crippen molar-refractivity contribution in [1.82, 2.24) is 19.4 Å². The number of nitrogens with two attached hydrogens (primary N) is 1. The molecule has 1 aliphatic rings. The molecule has 1 aliphatic heterocycles. The van der Waals surface area contributed by atoms with Gasteiger partial charge in [0.05, 0.1) is 5.70 Å². The zero-order valence-corrected chi connectivity index (χ0v) is 18.8. The summed E-state index contributed by atoms with van der Waals surface area (Å²) in [6, 6.07) is 12.6. The Bertz CT molecular complexity index is 1490. The number of nitro groups is 1. The van der Waals surface area contributed by atoms with Crippen molar-refractivity contribution >= 4 is 34.3 Å². The molecule has 3 heterocycles. The Morgan fingerprint density at radius 2 is 1.97 bits per heavy atom. The average Bonchev–Trinajstić information content (AvgIpc) is 3.44. The molecule has 11 heteroatoms. The molecule has 1 atom stereocenters. The first-order chi connectivity index (χ1) is 16.8. The van der Waals surface area contributed by atoms with Crippen molar-refractivity contribution in [3.05, 3.63) is 88.4 Å². The fourth-order valence-electron chi connectivity index (χ4n) is 4.17. The quantitative estimate of drug-likeness (QED) is 0.240. The molecule has 3 N–H and O–H groups in total. The lowest BCUT2D eigenvalue weighted by atomic mass is 9.98. The number of hydrogen-bond donors (Lipinski definition) is 2. The Balaban J connectivity index is 1.53. The van der Waals surface area contributed by atoms with E-state index in [4.69, 9.17) is 10.5 Å². The number of imidazole rings is 1. The van der Waals surface area contributed by atoms with Crippen molar-refractivity contribution in [3.63, 3.8) is 0 Å². The van der Waals surface area contributed by atoms with Gasteiger partial charge in [-0.3, -0.25) is 5.73 Å². The molecule has 0 amide bonds. The van der Waals surface area contributed by atoms with E-state index in [0.717, 1.165) is 16.5 Å². The summed E-state index contributed by atoms with van der Waals surface area (Å²) in [5, 5.41) is 14.8. The molecule has 4 aromatic rings. The van der Waals surface area contributed by atoms with E-state index in [2.05, 4.69) is 15.3 Å². The predicted octanol–water partition coefficient (Wildman–Crippen LogP) is 3.44. The van der Waals surface area contributed by atoms with Gasteiger partial charge >= 0.3 is 12.0 Å². The Morgan fingerprint density at radius 3 is 2.80 bits per heavy atom. The lowest BCUT2D eigenvalue weighted by molar-refractivity contribution is -0.396. The maximum absolute atomic E-state index is 14.8. The van der Waals surface area contributed by atoms with E-state index in [1.165, 1.54) is 23.2 Å². The molecule has 0 spiro atoms. The van der Waals surface area contributed by atoms with Gasteiger partial charge in [0.25, 0.3) is 0 Å². The highest BCUT2D eigenvalue weighted by Crippen LogP contribution is 2.36. The number of rotatable bonds is 7. The van der Waals surface area contributed by atoms with E-state index >= 15 is 0 Å². The molecule has 178 valence electrons. The van der Waals surface area contributed by atoms with Crippen molar-refractivity contribution in [3.8, 4) is 5.75 Å². The highest BCUT2D eigenvalue weighted by Gasteiger charge is 2.31. The van der Waals surface area contributed by atoms with Crippen molar-refractivity contribution in [2.75, 3.05) is 6.61 Å². The molecule has 0 bridgehead atoms. The largest absolute Gasteiger partial charge is 0.490 e. The summed E-state index contributed by atoms with van der Waals surface area (Å²) in [7, 11) is 1.92. The molecule has 2 aromatic heterocycles. The van der Waals surface area contributed by atoms with E-state index in [9.17, 15) is 14.5 Å². The zero-order chi connectivity index (χ0) is 24.6. The summed E-state index contributed by atoms with van der Waals surface area (Å²) in [4.78, 5) is 18.1. The summed E-state index contributed by atoms with van der Waals surface area (Å²) in [5.41, 5.74) is 9.18.